The summed E-state index contributed by atoms with van der Waals surface area (Å²) in [5, 5.41) is 11.4. The smallest absolute Gasteiger partial charge is 0.145 e. The van der Waals surface area contributed by atoms with Crippen LogP contribution in [0, 0.1) is 5.92 Å². The van der Waals surface area contributed by atoms with E-state index in [1.54, 1.807) is 0 Å². The van der Waals surface area contributed by atoms with Gasteiger partial charge in [-0.05, 0) is 19.1 Å². The van der Waals surface area contributed by atoms with Gasteiger partial charge in [0.05, 0.1) is 19.1 Å². The Morgan fingerprint density at radius 2 is 2.06 bits per heavy atom. The largest absolute Gasteiger partial charge is 0.494 e. The van der Waals surface area contributed by atoms with Crippen molar-refractivity contribution in [1.82, 2.24) is 0 Å². The van der Waals surface area contributed by atoms with Gasteiger partial charge in [0.25, 0.3) is 0 Å². The van der Waals surface area contributed by atoms with E-state index in [-0.39, 0.29) is 11.8 Å². The molecule has 1 atom stereocenters. The summed E-state index contributed by atoms with van der Waals surface area (Å²) in [5.41, 5.74) is 5.45. The van der Waals surface area contributed by atoms with Crippen molar-refractivity contribution in [2.45, 2.75) is 13.8 Å². The number of amidine groups is 1. The van der Waals surface area contributed by atoms with Crippen molar-refractivity contribution >= 4 is 5.84 Å². The van der Waals surface area contributed by atoms with Gasteiger partial charge in [-0.2, -0.15) is 0 Å². The predicted molar refractivity (Wildman–Crippen MR) is 65.7 cm³/mol. The van der Waals surface area contributed by atoms with E-state index < -0.39 is 0 Å². The van der Waals surface area contributed by atoms with Gasteiger partial charge in [0.2, 0.25) is 0 Å². The molecule has 5 nitrogen and oxygen atoms in total. The molecule has 17 heavy (non-hydrogen) atoms. The Morgan fingerprint density at radius 3 is 2.65 bits per heavy atom. The molecule has 0 aromatic heterocycles. The number of benzene rings is 1. The molecule has 0 aliphatic rings. The number of hydrogen-bond donors (Lipinski definition) is 2. The minimum absolute atomic E-state index is 0.143. The number of rotatable bonds is 6. The zero-order valence-electron chi connectivity index (χ0n) is 10.1. The molecule has 0 spiro atoms. The third-order valence-corrected chi connectivity index (χ3v) is 2.24. The highest BCUT2D eigenvalue weighted by Gasteiger charge is 2.08. The molecule has 1 aromatic rings. The molecule has 1 unspecified atom stereocenters. The molecule has 0 aliphatic carbocycles. The lowest BCUT2D eigenvalue weighted by Crippen LogP contribution is -2.26. The topological polar surface area (TPSA) is 77.1 Å². The normalized spacial score (nSPS) is 13.2. The van der Waals surface area contributed by atoms with E-state index in [1.165, 1.54) is 0 Å². The first-order valence-electron chi connectivity index (χ1n) is 5.50. The zero-order valence-corrected chi connectivity index (χ0v) is 10.1. The fraction of sp³-hybridized carbons (Fsp3) is 0.417. The van der Waals surface area contributed by atoms with Crippen LogP contribution in [0.2, 0.25) is 0 Å². The van der Waals surface area contributed by atoms with Crippen LogP contribution in [0.15, 0.2) is 29.4 Å². The van der Waals surface area contributed by atoms with Crippen LogP contribution in [0.3, 0.4) is 0 Å². The summed E-state index contributed by atoms with van der Waals surface area (Å²) in [7, 11) is 0. The van der Waals surface area contributed by atoms with Crippen LogP contribution in [-0.4, -0.2) is 24.3 Å². The van der Waals surface area contributed by atoms with Crippen molar-refractivity contribution in [3.8, 4) is 11.5 Å². The minimum Gasteiger partial charge on any atom is -0.494 e. The predicted octanol–water partition coefficient (Wildman–Crippen LogP) is 1.85. The first kappa shape index (κ1) is 13.2. The minimum atomic E-state index is -0.143. The zero-order chi connectivity index (χ0) is 12.7. The molecule has 0 radical (unpaired) electrons. The first-order valence-corrected chi connectivity index (χ1v) is 5.50. The Bertz CT molecular complexity index is 380. The summed E-state index contributed by atoms with van der Waals surface area (Å²) in [6.45, 7) is 4.71. The quantitative estimate of drug-likeness (QED) is 0.343. The van der Waals surface area contributed by atoms with Crippen molar-refractivity contribution in [2.24, 2.45) is 16.8 Å². The summed E-state index contributed by atoms with van der Waals surface area (Å²) in [6.07, 6.45) is 0. The van der Waals surface area contributed by atoms with E-state index in [0.29, 0.717) is 19.0 Å². The van der Waals surface area contributed by atoms with E-state index in [4.69, 9.17) is 20.4 Å². The molecule has 0 saturated heterocycles. The Labute approximate surface area is 101 Å². The number of hydrogen-bond acceptors (Lipinski definition) is 4. The molecular weight excluding hydrogens is 220 g/mol. The molecule has 0 amide bonds. The van der Waals surface area contributed by atoms with Gasteiger partial charge in [-0.3, -0.25) is 0 Å². The highest BCUT2D eigenvalue weighted by molar-refractivity contribution is 5.81. The molecule has 1 aromatic carbocycles. The van der Waals surface area contributed by atoms with E-state index in [0.717, 1.165) is 5.75 Å². The van der Waals surface area contributed by atoms with Gasteiger partial charge in [-0.25, -0.2) is 0 Å². The molecule has 5 heteroatoms. The van der Waals surface area contributed by atoms with Gasteiger partial charge in [0.15, 0.2) is 0 Å². The lowest BCUT2D eigenvalue weighted by molar-refractivity contribution is 0.276. The van der Waals surface area contributed by atoms with Crippen molar-refractivity contribution in [3.63, 3.8) is 0 Å². The molecule has 1 rings (SSSR count). The van der Waals surface area contributed by atoms with E-state index >= 15 is 0 Å². The molecule has 0 saturated carbocycles. The standard InChI is InChI=1S/C12H18N2O3/c1-3-16-10-5-4-6-11(7-10)17-8-9(2)12(13)14-15/h4-7,9,15H,3,8H2,1-2H3,(H2,13,14). The fourth-order valence-corrected chi connectivity index (χ4v) is 1.23. The van der Waals surface area contributed by atoms with Crippen LogP contribution in [0.5, 0.6) is 11.5 Å². The molecule has 0 heterocycles. The lowest BCUT2D eigenvalue weighted by Gasteiger charge is -2.12. The summed E-state index contributed by atoms with van der Waals surface area (Å²) in [4.78, 5) is 0. The van der Waals surface area contributed by atoms with Gasteiger partial charge in [0.1, 0.15) is 17.3 Å². The molecular formula is C12H18N2O3. The van der Waals surface area contributed by atoms with Crippen molar-refractivity contribution < 1.29 is 14.7 Å². The number of oxime groups is 1. The van der Waals surface area contributed by atoms with Crippen molar-refractivity contribution in [1.29, 1.82) is 0 Å². The summed E-state index contributed by atoms with van der Waals surface area (Å²) < 4.78 is 10.9. The Morgan fingerprint density at radius 1 is 1.41 bits per heavy atom. The van der Waals surface area contributed by atoms with Crippen LogP contribution in [0.1, 0.15) is 13.8 Å². The second kappa shape index (κ2) is 6.62. The summed E-state index contributed by atoms with van der Waals surface area (Å²) in [5.74, 6) is 1.48. The lowest BCUT2D eigenvalue weighted by atomic mass is 10.2. The first-order chi connectivity index (χ1) is 8.17. The highest BCUT2D eigenvalue weighted by atomic mass is 16.5. The molecule has 0 aliphatic heterocycles. The summed E-state index contributed by atoms with van der Waals surface area (Å²) >= 11 is 0. The Balaban J connectivity index is 2.54. The highest BCUT2D eigenvalue weighted by Crippen LogP contribution is 2.19. The maximum atomic E-state index is 8.50. The van der Waals surface area contributed by atoms with E-state index in [2.05, 4.69) is 5.16 Å². The van der Waals surface area contributed by atoms with Gasteiger partial charge >= 0.3 is 0 Å². The average molecular weight is 238 g/mol. The number of nitrogens with two attached hydrogens (primary N) is 1. The van der Waals surface area contributed by atoms with Gasteiger partial charge in [-0.15, -0.1) is 0 Å². The van der Waals surface area contributed by atoms with Crippen LogP contribution < -0.4 is 15.2 Å². The van der Waals surface area contributed by atoms with Gasteiger partial charge < -0.3 is 20.4 Å². The van der Waals surface area contributed by atoms with Gasteiger partial charge in [-0.1, -0.05) is 18.1 Å². The Hall–Kier alpha value is -1.91. The maximum absolute atomic E-state index is 8.50. The summed E-state index contributed by atoms with van der Waals surface area (Å²) in [6, 6.07) is 7.36. The number of ether oxygens (including phenoxy) is 2. The molecule has 94 valence electrons. The monoisotopic (exact) mass is 238 g/mol. The SMILES string of the molecule is CCOc1cccc(OCC(C)C(N)=NO)c1. The van der Waals surface area contributed by atoms with Crippen LogP contribution >= 0.6 is 0 Å². The van der Waals surface area contributed by atoms with Crippen LogP contribution in [-0.2, 0) is 0 Å². The van der Waals surface area contributed by atoms with Crippen LogP contribution in [0.4, 0.5) is 0 Å². The van der Waals surface area contributed by atoms with Crippen molar-refractivity contribution in [3.05, 3.63) is 24.3 Å². The van der Waals surface area contributed by atoms with Crippen LogP contribution in [0.25, 0.3) is 0 Å². The molecule has 0 bridgehead atoms. The van der Waals surface area contributed by atoms with E-state index in [9.17, 15) is 0 Å². The Kier molecular flexibility index (Phi) is 5.13. The molecule has 3 N–H and O–H groups in total. The maximum Gasteiger partial charge on any atom is 0.145 e. The average Bonchev–Trinajstić information content (AvgIpc) is 2.36. The number of nitrogens with zero attached hydrogens (tertiary/aromatic N) is 1. The van der Waals surface area contributed by atoms with Gasteiger partial charge in [0, 0.05) is 6.07 Å². The second-order valence-electron chi connectivity index (χ2n) is 3.64. The molecule has 0 fully saturated rings. The fourth-order valence-electron chi connectivity index (χ4n) is 1.23. The third-order valence-electron chi connectivity index (χ3n) is 2.24. The van der Waals surface area contributed by atoms with E-state index in [1.807, 2.05) is 38.1 Å². The second-order valence-corrected chi connectivity index (χ2v) is 3.64. The third kappa shape index (κ3) is 4.22. The van der Waals surface area contributed by atoms with Crippen molar-refractivity contribution in [2.75, 3.05) is 13.2 Å².